The molecule has 0 amide bonds. The van der Waals surface area contributed by atoms with Crippen molar-refractivity contribution in [2.24, 2.45) is 0 Å². The summed E-state index contributed by atoms with van der Waals surface area (Å²) in [6.45, 7) is 2.39. The maximum Gasteiger partial charge on any atom is 0.197 e. The quantitative estimate of drug-likeness (QED) is 0.608. The number of para-hydroxylation sites is 2. The third kappa shape index (κ3) is 2.37. The molecular formula is C21H18N2O2. The Hall–Kier alpha value is -2.85. The van der Waals surface area contributed by atoms with E-state index in [2.05, 4.69) is 34.1 Å². The van der Waals surface area contributed by atoms with Crippen molar-refractivity contribution in [1.29, 1.82) is 0 Å². The van der Waals surface area contributed by atoms with Gasteiger partial charge in [0.15, 0.2) is 5.43 Å². The van der Waals surface area contributed by atoms with E-state index in [1.807, 2.05) is 24.3 Å². The predicted molar refractivity (Wildman–Crippen MR) is 98.6 cm³/mol. The number of fused-ring (bicyclic) bond motifs is 4. The smallest absolute Gasteiger partial charge is 0.197 e. The maximum absolute atomic E-state index is 12.7. The molecule has 1 aliphatic heterocycles. The molecule has 0 fully saturated rings. The number of aromatic amines is 1. The fourth-order valence-corrected chi connectivity index (χ4v) is 3.85. The number of H-pyrrole nitrogens is 1. The monoisotopic (exact) mass is 330 g/mol. The van der Waals surface area contributed by atoms with Crippen LogP contribution in [0.5, 0.6) is 0 Å². The Morgan fingerprint density at radius 2 is 1.84 bits per heavy atom. The highest BCUT2D eigenvalue weighted by Crippen LogP contribution is 2.27. The van der Waals surface area contributed by atoms with E-state index < -0.39 is 0 Å². The largest absolute Gasteiger partial charge is 0.464 e. The number of hydrogen-bond donors (Lipinski definition) is 1. The van der Waals surface area contributed by atoms with Crippen LogP contribution in [0.2, 0.25) is 0 Å². The molecule has 124 valence electrons. The van der Waals surface area contributed by atoms with Gasteiger partial charge in [-0.1, -0.05) is 30.3 Å². The second-order valence-electron chi connectivity index (χ2n) is 6.67. The van der Waals surface area contributed by atoms with Crippen molar-refractivity contribution in [3.63, 3.8) is 0 Å². The van der Waals surface area contributed by atoms with E-state index in [4.69, 9.17) is 4.42 Å². The number of hydrogen-bond acceptors (Lipinski definition) is 3. The van der Waals surface area contributed by atoms with Crippen molar-refractivity contribution in [2.45, 2.75) is 19.5 Å². The Bertz CT molecular complexity index is 1140. The summed E-state index contributed by atoms with van der Waals surface area (Å²) >= 11 is 0. The molecule has 4 nitrogen and oxygen atoms in total. The Kier molecular flexibility index (Phi) is 3.25. The first-order valence-corrected chi connectivity index (χ1v) is 8.60. The lowest BCUT2D eigenvalue weighted by atomic mass is 10.0. The second-order valence-corrected chi connectivity index (χ2v) is 6.67. The molecule has 4 aromatic rings. The van der Waals surface area contributed by atoms with E-state index in [1.54, 1.807) is 6.26 Å². The van der Waals surface area contributed by atoms with E-state index >= 15 is 0 Å². The van der Waals surface area contributed by atoms with Crippen molar-refractivity contribution in [3.8, 4) is 0 Å². The summed E-state index contributed by atoms with van der Waals surface area (Å²) in [6, 6.07) is 15.9. The van der Waals surface area contributed by atoms with Gasteiger partial charge in [0, 0.05) is 41.8 Å². The molecule has 0 unspecified atom stereocenters. The summed E-state index contributed by atoms with van der Waals surface area (Å²) in [5.74, 6) is 0. The molecular weight excluding hydrogens is 312 g/mol. The van der Waals surface area contributed by atoms with Crippen LogP contribution in [0, 0.1) is 0 Å². The standard InChI is InChI=1S/C21H18N2O2/c24-21-14(13-25-20-8-4-2-6-17(20)21)11-23-10-9-16-15-5-1-3-7-18(15)22-19(16)12-23/h1-8,13,22H,9-12H2. The van der Waals surface area contributed by atoms with Gasteiger partial charge >= 0.3 is 0 Å². The minimum absolute atomic E-state index is 0.0734. The molecule has 1 N–H and O–H groups in total. The van der Waals surface area contributed by atoms with Gasteiger partial charge in [0.1, 0.15) is 5.58 Å². The summed E-state index contributed by atoms with van der Waals surface area (Å²) in [7, 11) is 0. The molecule has 3 heterocycles. The second kappa shape index (κ2) is 5.60. The van der Waals surface area contributed by atoms with E-state index in [-0.39, 0.29) is 5.43 Å². The third-order valence-corrected chi connectivity index (χ3v) is 5.11. The molecule has 0 atom stereocenters. The molecule has 0 radical (unpaired) electrons. The first kappa shape index (κ1) is 14.5. The number of nitrogens with one attached hydrogen (secondary N) is 1. The van der Waals surface area contributed by atoms with Crippen LogP contribution >= 0.6 is 0 Å². The van der Waals surface area contributed by atoms with Crippen molar-refractivity contribution in [2.75, 3.05) is 6.54 Å². The minimum Gasteiger partial charge on any atom is -0.464 e. The molecule has 25 heavy (non-hydrogen) atoms. The SMILES string of the molecule is O=c1c(CN2CCc3c([nH]c4ccccc34)C2)coc2ccccc12. The molecule has 0 aliphatic carbocycles. The van der Waals surface area contributed by atoms with E-state index in [9.17, 15) is 4.79 Å². The zero-order valence-electron chi connectivity index (χ0n) is 13.8. The molecule has 2 aromatic carbocycles. The number of benzene rings is 2. The summed E-state index contributed by atoms with van der Waals surface area (Å²) in [6.07, 6.45) is 2.61. The van der Waals surface area contributed by atoms with Crippen molar-refractivity contribution in [3.05, 3.63) is 81.8 Å². The van der Waals surface area contributed by atoms with Crippen LogP contribution < -0.4 is 5.43 Å². The normalized spacial score (nSPS) is 14.9. The molecule has 2 aromatic heterocycles. The van der Waals surface area contributed by atoms with E-state index in [1.165, 1.54) is 22.2 Å². The topological polar surface area (TPSA) is 49.2 Å². The van der Waals surface area contributed by atoms with Crippen LogP contribution in [0.4, 0.5) is 0 Å². The average Bonchev–Trinajstić information content (AvgIpc) is 3.02. The Balaban J connectivity index is 1.46. The Labute approximate surface area is 144 Å². The van der Waals surface area contributed by atoms with Gasteiger partial charge in [0.25, 0.3) is 0 Å². The van der Waals surface area contributed by atoms with E-state index in [0.717, 1.165) is 25.1 Å². The predicted octanol–water partition coefficient (Wildman–Crippen LogP) is 3.83. The van der Waals surface area contributed by atoms with Crippen LogP contribution in [-0.2, 0) is 19.5 Å². The van der Waals surface area contributed by atoms with Crippen molar-refractivity contribution in [1.82, 2.24) is 9.88 Å². The molecule has 1 aliphatic rings. The lowest BCUT2D eigenvalue weighted by molar-refractivity contribution is 0.241. The highest BCUT2D eigenvalue weighted by atomic mass is 16.3. The minimum atomic E-state index is 0.0734. The van der Waals surface area contributed by atoms with Crippen LogP contribution in [0.15, 0.2) is 64.0 Å². The maximum atomic E-state index is 12.7. The van der Waals surface area contributed by atoms with Gasteiger partial charge in [-0.05, 0) is 30.2 Å². The van der Waals surface area contributed by atoms with Gasteiger partial charge in [-0.25, -0.2) is 0 Å². The summed E-state index contributed by atoms with van der Waals surface area (Å²) < 4.78 is 5.65. The van der Waals surface area contributed by atoms with Crippen LogP contribution in [0.25, 0.3) is 21.9 Å². The van der Waals surface area contributed by atoms with Crippen LogP contribution in [0.3, 0.4) is 0 Å². The first-order chi connectivity index (χ1) is 12.3. The third-order valence-electron chi connectivity index (χ3n) is 5.11. The molecule has 4 heteroatoms. The van der Waals surface area contributed by atoms with E-state index in [0.29, 0.717) is 17.5 Å². The Morgan fingerprint density at radius 1 is 1.04 bits per heavy atom. The zero-order valence-corrected chi connectivity index (χ0v) is 13.8. The van der Waals surface area contributed by atoms with Crippen molar-refractivity contribution >= 4 is 21.9 Å². The van der Waals surface area contributed by atoms with Gasteiger partial charge in [0.05, 0.1) is 11.6 Å². The number of rotatable bonds is 2. The molecule has 0 saturated carbocycles. The van der Waals surface area contributed by atoms with Gasteiger partial charge in [-0.15, -0.1) is 0 Å². The number of nitrogens with zero attached hydrogens (tertiary/aromatic N) is 1. The first-order valence-electron chi connectivity index (χ1n) is 8.60. The molecule has 0 spiro atoms. The lowest BCUT2D eigenvalue weighted by Gasteiger charge is -2.26. The number of aromatic nitrogens is 1. The van der Waals surface area contributed by atoms with Crippen LogP contribution in [0.1, 0.15) is 16.8 Å². The summed E-state index contributed by atoms with van der Waals surface area (Å²) in [5, 5.41) is 1.98. The fraction of sp³-hybridized carbons (Fsp3) is 0.190. The zero-order chi connectivity index (χ0) is 16.8. The fourth-order valence-electron chi connectivity index (χ4n) is 3.85. The van der Waals surface area contributed by atoms with Gasteiger partial charge < -0.3 is 9.40 Å². The van der Waals surface area contributed by atoms with Gasteiger partial charge in [0.2, 0.25) is 0 Å². The molecule has 5 rings (SSSR count). The summed E-state index contributed by atoms with van der Waals surface area (Å²) in [4.78, 5) is 18.5. The lowest BCUT2D eigenvalue weighted by Crippen LogP contribution is -2.31. The average molecular weight is 330 g/mol. The van der Waals surface area contributed by atoms with Gasteiger partial charge in [-0.3, -0.25) is 9.69 Å². The summed E-state index contributed by atoms with van der Waals surface area (Å²) in [5.41, 5.74) is 5.31. The van der Waals surface area contributed by atoms with Crippen molar-refractivity contribution < 1.29 is 4.42 Å². The Morgan fingerprint density at radius 3 is 2.76 bits per heavy atom. The highest BCUT2D eigenvalue weighted by molar-refractivity contribution is 5.84. The molecule has 0 bridgehead atoms. The van der Waals surface area contributed by atoms with Gasteiger partial charge in [-0.2, -0.15) is 0 Å². The van der Waals surface area contributed by atoms with Crippen LogP contribution in [-0.4, -0.2) is 16.4 Å². The highest BCUT2D eigenvalue weighted by Gasteiger charge is 2.21. The molecule has 0 saturated heterocycles.